The number of carbonyl (C=O) groups excluding carboxylic acids is 2. The van der Waals surface area contributed by atoms with Gasteiger partial charge in [-0.25, -0.2) is 19.2 Å². The molecule has 0 aliphatic carbocycles. The summed E-state index contributed by atoms with van der Waals surface area (Å²) >= 11 is 0. The van der Waals surface area contributed by atoms with Crippen LogP contribution >= 0.6 is 0 Å². The second-order valence-corrected chi connectivity index (χ2v) is 14.5. The Hall–Kier alpha value is -3.84. The maximum atomic E-state index is 12.9. The number of hydroxylamine groups is 4. The van der Waals surface area contributed by atoms with Crippen LogP contribution in [0.25, 0.3) is 0 Å². The molecule has 2 fully saturated rings. The van der Waals surface area contributed by atoms with E-state index in [4.69, 9.17) is 19.7 Å². The van der Waals surface area contributed by atoms with E-state index in [9.17, 15) is 29.6 Å². The van der Waals surface area contributed by atoms with Gasteiger partial charge in [-0.15, -0.1) is 0 Å². The van der Waals surface area contributed by atoms with Gasteiger partial charge in [-0.3, -0.25) is 0 Å². The molecule has 0 unspecified atom stereocenters. The zero-order chi connectivity index (χ0) is 34.8. The molecular formula is C34H46N2O10. The van der Waals surface area contributed by atoms with Crippen molar-refractivity contribution in [3.63, 3.8) is 0 Å². The van der Waals surface area contributed by atoms with Gasteiger partial charge in [0.05, 0.1) is 22.3 Å². The van der Waals surface area contributed by atoms with E-state index >= 15 is 0 Å². The standard InChI is InChI=1S/C26H40N2O6.C8H6O4/c1-23(2)13-19(14-24(3,4)27(23)31)33-21(29)17-10-9-11-18(12-17)22(30)34-20-15-25(5,6)28(32)26(7,8)16-20;9-7(10)5-3-1-2-4-6(5)8(11)12/h9-12,19-20,31-32H,13-16H2,1-8H3;1-4H,(H,9,10)(H,11,12). The number of hydrogen-bond acceptors (Lipinski definition) is 10. The summed E-state index contributed by atoms with van der Waals surface area (Å²) in [6.07, 6.45) is 1.27. The minimum absolute atomic E-state index is 0.190. The van der Waals surface area contributed by atoms with E-state index in [-0.39, 0.29) is 34.5 Å². The fraction of sp³-hybridized carbons (Fsp3) is 0.529. The van der Waals surface area contributed by atoms with Crippen molar-refractivity contribution in [3.8, 4) is 0 Å². The van der Waals surface area contributed by atoms with Gasteiger partial charge in [0.25, 0.3) is 0 Å². The number of carboxylic acids is 2. The molecule has 2 aliphatic rings. The van der Waals surface area contributed by atoms with Gasteiger partial charge in [-0.05, 0) is 85.7 Å². The Morgan fingerprint density at radius 2 is 0.891 bits per heavy atom. The number of aromatic carboxylic acids is 2. The van der Waals surface area contributed by atoms with Crippen LogP contribution in [0.1, 0.15) is 123 Å². The van der Waals surface area contributed by atoms with Crippen molar-refractivity contribution < 1.29 is 49.3 Å². The molecule has 2 heterocycles. The van der Waals surface area contributed by atoms with Gasteiger partial charge in [0.1, 0.15) is 12.2 Å². The molecule has 0 aromatic heterocycles. The smallest absolute Gasteiger partial charge is 0.338 e. The summed E-state index contributed by atoms with van der Waals surface area (Å²) in [5, 5.41) is 40.7. The van der Waals surface area contributed by atoms with E-state index in [2.05, 4.69) is 0 Å². The molecule has 2 aromatic rings. The highest BCUT2D eigenvalue weighted by atomic mass is 16.6. The molecule has 252 valence electrons. The number of rotatable bonds is 6. The molecule has 12 nitrogen and oxygen atoms in total. The average molecular weight is 643 g/mol. The number of carboxylic acid groups (broad SMARTS) is 2. The monoisotopic (exact) mass is 642 g/mol. The normalized spacial score (nSPS) is 20.9. The lowest BCUT2D eigenvalue weighted by Gasteiger charge is -2.50. The third kappa shape index (κ3) is 8.49. The lowest BCUT2D eigenvalue weighted by Crippen LogP contribution is -2.60. The molecule has 4 rings (SSSR count). The highest BCUT2D eigenvalue weighted by Gasteiger charge is 2.47. The molecule has 0 radical (unpaired) electrons. The van der Waals surface area contributed by atoms with Crippen molar-refractivity contribution in [1.29, 1.82) is 0 Å². The highest BCUT2D eigenvalue weighted by molar-refractivity contribution is 6.01. The predicted molar refractivity (Wildman–Crippen MR) is 167 cm³/mol. The fourth-order valence-corrected chi connectivity index (χ4v) is 6.59. The number of nitrogens with zero attached hydrogens (tertiary/aromatic N) is 2. The second-order valence-electron chi connectivity index (χ2n) is 14.5. The highest BCUT2D eigenvalue weighted by Crippen LogP contribution is 2.39. The Bertz CT molecular complexity index is 1330. The molecule has 0 spiro atoms. The van der Waals surface area contributed by atoms with Crippen LogP contribution in [0.4, 0.5) is 0 Å². The predicted octanol–water partition coefficient (Wildman–Crippen LogP) is 5.90. The number of hydrogen-bond donors (Lipinski definition) is 4. The molecule has 46 heavy (non-hydrogen) atoms. The molecule has 12 heteroatoms. The maximum absolute atomic E-state index is 12.9. The SMILES string of the molecule is CC1(C)CC(OC(=O)c2cccc(C(=O)OC3CC(C)(C)N(O)C(C)(C)C3)c2)CC(C)(C)N1O.O=C(O)c1ccccc1C(=O)O. The summed E-state index contributed by atoms with van der Waals surface area (Å²) in [6, 6.07) is 11.9. The molecule has 0 bridgehead atoms. The number of benzene rings is 2. The zero-order valence-electron chi connectivity index (χ0n) is 27.7. The second kappa shape index (κ2) is 13.5. The van der Waals surface area contributed by atoms with Crippen LogP contribution in [0.15, 0.2) is 48.5 Å². The van der Waals surface area contributed by atoms with Crippen molar-refractivity contribution >= 4 is 23.9 Å². The van der Waals surface area contributed by atoms with Crippen LogP contribution in [0.3, 0.4) is 0 Å². The van der Waals surface area contributed by atoms with Crippen LogP contribution in [0, 0.1) is 0 Å². The average Bonchev–Trinajstić information content (AvgIpc) is 2.94. The first-order chi connectivity index (χ1) is 21.1. The summed E-state index contributed by atoms with van der Waals surface area (Å²) in [5.74, 6) is -3.47. The van der Waals surface area contributed by atoms with Crippen LogP contribution < -0.4 is 0 Å². The molecular weight excluding hydrogens is 596 g/mol. The quantitative estimate of drug-likeness (QED) is 0.275. The van der Waals surface area contributed by atoms with Gasteiger partial charge >= 0.3 is 23.9 Å². The van der Waals surface area contributed by atoms with E-state index in [1.807, 2.05) is 55.4 Å². The molecule has 0 saturated carbocycles. The van der Waals surface area contributed by atoms with Crippen molar-refractivity contribution in [2.45, 2.75) is 115 Å². The molecule has 2 saturated heterocycles. The van der Waals surface area contributed by atoms with Gasteiger partial charge in [0.15, 0.2) is 0 Å². The van der Waals surface area contributed by atoms with Gasteiger partial charge in [-0.1, -0.05) is 18.2 Å². The van der Waals surface area contributed by atoms with Gasteiger partial charge in [-0.2, -0.15) is 10.1 Å². The fourth-order valence-electron chi connectivity index (χ4n) is 6.59. The largest absolute Gasteiger partial charge is 0.478 e. The number of esters is 2. The number of ether oxygens (including phenoxy) is 2. The first-order valence-corrected chi connectivity index (χ1v) is 15.1. The van der Waals surface area contributed by atoms with Crippen LogP contribution in [-0.2, 0) is 9.47 Å². The Labute approximate surface area is 269 Å². The molecule has 2 aromatic carbocycles. The number of carbonyl (C=O) groups is 4. The van der Waals surface area contributed by atoms with Crippen molar-refractivity contribution in [2.75, 3.05) is 0 Å². The summed E-state index contributed by atoms with van der Waals surface area (Å²) in [4.78, 5) is 46.7. The van der Waals surface area contributed by atoms with Crippen molar-refractivity contribution in [2.24, 2.45) is 0 Å². The Morgan fingerprint density at radius 1 is 0.587 bits per heavy atom. The minimum Gasteiger partial charge on any atom is -0.478 e. The molecule has 0 atom stereocenters. The summed E-state index contributed by atoms with van der Waals surface area (Å²) < 4.78 is 11.6. The van der Waals surface area contributed by atoms with Gasteiger partial charge in [0.2, 0.25) is 0 Å². The van der Waals surface area contributed by atoms with Crippen LogP contribution in [0.5, 0.6) is 0 Å². The first kappa shape index (κ1) is 36.6. The Morgan fingerprint density at radius 3 is 1.17 bits per heavy atom. The molecule has 2 aliphatic heterocycles. The van der Waals surface area contributed by atoms with E-state index in [1.54, 1.807) is 18.2 Å². The number of piperidine rings is 2. The van der Waals surface area contributed by atoms with E-state index in [0.717, 1.165) is 0 Å². The Kier molecular flexibility index (Phi) is 10.7. The Balaban J connectivity index is 0.000000402. The lowest BCUT2D eigenvalue weighted by atomic mass is 9.80. The van der Waals surface area contributed by atoms with E-state index < -0.39 is 46.0 Å². The molecule has 4 N–H and O–H groups in total. The zero-order valence-corrected chi connectivity index (χ0v) is 27.7. The van der Waals surface area contributed by atoms with Crippen molar-refractivity contribution in [3.05, 3.63) is 70.8 Å². The summed E-state index contributed by atoms with van der Waals surface area (Å²) in [7, 11) is 0. The first-order valence-electron chi connectivity index (χ1n) is 15.1. The maximum Gasteiger partial charge on any atom is 0.338 e. The van der Waals surface area contributed by atoms with Gasteiger partial charge in [0, 0.05) is 47.8 Å². The topological polar surface area (TPSA) is 174 Å². The van der Waals surface area contributed by atoms with E-state index in [0.29, 0.717) is 25.7 Å². The summed E-state index contributed by atoms with van der Waals surface area (Å²) in [5.41, 5.74) is -1.97. The van der Waals surface area contributed by atoms with Gasteiger partial charge < -0.3 is 30.1 Å². The van der Waals surface area contributed by atoms with E-state index in [1.165, 1.54) is 40.5 Å². The van der Waals surface area contributed by atoms with Crippen LogP contribution in [0.2, 0.25) is 0 Å². The van der Waals surface area contributed by atoms with Crippen LogP contribution in [-0.4, -0.2) is 89.0 Å². The third-order valence-electron chi connectivity index (χ3n) is 8.47. The lowest BCUT2D eigenvalue weighted by molar-refractivity contribution is -0.256. The summed E-state index contributed by atoms with van der Waals surface area (Å²) in [6.45, 7) is 15.3. The van der Waals surface area contributed by atoms with Crippen molar-refractivity contribution in [1.82, 2.24) is 10.1 Å². The molecule has 0 amide bonds. The third-order valence-corrected chi connectivity index (χ3v) is 8.47. The minimum atomic E-state index is -1.23.